The van der Waals surface area contributed by atoms with Crippen LogP contribution in [-0.2, 0) is 13.9 Å². The van der Waals surface area contributed by atoms with Crippen molar-refractivity contribution < 1.29 is 19.0 Å². The van der Waals surface area contributed by atoms with Gasteiger partial charge in [0, 0.05) is 12.7 Å². The van der Waals surface area contributed by atoms with Crippen LogP contribution in [0, 0.1) is 17.8 Å². The molecule has 2 unspecified atom stereocenters. The van der Waals surface area contributed by atoms with Gasteiger partial charge >= 0.3 is 7.52 Å². The van der Waals surface area contributed by atoms with Crippen LogP contribution in [0.5, 0.6) is 0 Å². The summed E-state index contributed by atoms with van der Waals surface area (Å²) in [4.78, 5) is 19.6. The van der Waals surface area contributed by atoms with Crippen LogP contribution in [-0.4, -0.2) is 45.9 Å². The van der Waals surface area contributed by atoms with Crippen molar-refractivity contribution in [1.29, 1.82) is 0 Å². The third-order valence-electron chi connectivity index (χ3n) is 5.54. The number of hydrogen-bond acceptors (Lipinski definition) is 6. The number of amides is 1. The van der Waals surface area contributed by atoms with Crippen molar-refractivity contribution in [3.63, 3.8) is 0 Å². The van der Waals surface area contributed by atoms with E-state index in [4.69, 9.17) is 4.52 Å². The molecule has 0 fully saturated rings. The highest BCUT2D eigenvalue weighted by Gasteiger charge is 2.48. The second kappa shape index (κ2) is 8.31. The third kappa shape index (κ3) is 4.62. The summed E-state index contributed by atoms with van der Waals surface area (Å²) < 4.78 is 23.6. The minimum atomic E-state index is -3.67. The van der Waals surface area contributed by atoms with Crippen molar-refractivity contribution in [1.82, 2.24) is 9.88 Å². The molecule has 1 amide bonds. The molecule has 2 aliphatic rings. The van der Waals surface area contributed by atoms with E-state index in [0.717, 1.165) is 12.0 Å². The molecule has 1 aromatic rings. The maximum atomic E-state index is 13.7. The summed E-state index contributed by atoms with van der Waals surface area (Å²) in [6.45, 7) is 16.5. The number of pyridine rings is 1. The Balaban J connectivity index is 2.10. The zero-order valence-electron chi connectivity index (χ0n) is 20.3. The smallest absolute Gasteiger partial charge is 0.350 e. The average Bonchev–Trinajstić information content (AvgIpc) is 2.90. The largest absolute Gasteiger partial charge is 0.509 e. The summed E-state index contributed by atoms with van der Waals surface area (Å²) in [6, 6.07) is 1.21. The van der Waals surface area contributed by atoms with Gasteiger partial charge in [-0.2, -0.15) is 4.76 Å². The number of aliphatic hydroxyl groups excluding tert-OH is 1. The monoisotopic (exact) mass is 462 g/mol. The molecule has 0 spiro atoms. The minimum Gasteiger partial charge on any atom is -0.509 e. The molecular weight excluding hydrogens is 427 g/mol. The molecule has 1 aromatic heterocycles. The van der Waals surface area contributed by atoms with Crippen molar-refractivity contribution in [2.75, 3.05) is 18.5 Å². The van der Waals surface area contributed by atoms with E-state index in [1.165, 1.54) is 0 Å². The molecule has 0 saturated heterocycles. The molecule has 2 aliphatic heterocycles. The van der Waals surface area contributed by atoms with Crippen molar-refractivity contribution in [3.8, 4) is 0 Å². The lowest BCUT2D eigenvalue weighted by Crippen LogP contribution is -2.45. The highest BCUT2D eigenvalue weighted by atomic mass is 31.2. The maximum Gasteiger partial charge on any atom is 0.350 e. The van der Waals surface area contributed by atoms with Crippen LogP contribution in [0.3, 0.4) is 0 Å². The Kier molecular flexibility index (Phi) is 6.35. The second-order valence-corrected chi connectivity index (χ2v) is 12.7. The van der Waals surface area contributed by atoms with Gasteiger partial charge in [0.15, 0.2) is 5.84 Å². The summed E-state index contributed by atoms with van der Waals surface area (Å²) in [7, 11) is -3.67. The van der Waals surface area contributed by atoms with Gasteiger partial charge in [-0.3, -0.25) is 9.36 Å². The number of carbonyl (C=O) groups excluding carboxylic acids is 1. The van der Waals surface area contributed by atoms with Crippen LogP contribution < -0.4 is 10.6 Å². The van der Waals surface area contributed by atoms with Crippen LogP contribution in [0.1, 0.15) is 60.5 Å². The highest BCUT2D eigenvalue weighted by Crippen LogP contribution is 2.52. The minimum absolute atomic E-state index is 0.0209. The zero-order valence-corrected chi connectivity index (χ0v) is 21.2. The first-order valence-corrected chi connectivity index (χ1v) is 12.6. The number of aliphatic hydroxyl groups is 1. The number of fused-ring (bicyclic) bond motifs is 1. The van der Waals surface area contributed by atoms with E-state index in [-0.39, 0.29) is 35.1 Å². The lowest BCUT2D eigenvalue weighted by atomic mass is 9.84. The van der Waals surface area contributed by atoms with Gasteiger partial charge in [0.05, 0.1) is 12.6 Å². The molecule has 0 aromatic carbocycles. The van der Waals surface area contributed by atoms with E-state index in [1.807, 2.05) is 27.7 Å². The first-order valence-electron chi connectivity index (χ1n) is 11.0. The van der Waals surface area contributed by atoms with E-state index in [2.05, 4.69) is 35.8 Å². The first kappa shape index (κ1) is 24.5. The standard InChI is InChI=1S/C23H35N4O4P/c1-9-31-32(30)15-12-14(2)13-24-19(15)25-20(26-32)16-17(28)18(23(6,7)8)27(21(16)29)11-10-22(3,4)5/h12-13,18,28H,9-11H2,1-8H3,(H,24,25,26,30). The van der Waals surface area contributed by atoms with Crippen LogP contribution in [0.25, 0.3) is 0 Å². The Labute approximate surface area is 190 Å². The van der Waals surface area contributed by atoms with Gasteiger partial charge in [0.1, 0.15) is 22.5 Å². The molecule has 2 atom stereocenters. The Morgan fingerprint density at radius 2 is 1.91 bits per heavy atom. The predicted octanol–water partition coefficient (Wildman–Crippen LogP) is 4.57. The first-order chi connectivity index (χ1) is 14.7. The van der Waals surface area contributed by atoms with Crippen LogP contribution in [0.4, 0.5) is 5.82 Å². The maximum absolute atomic E-state index is 13.7. The number of rotatable bonds is 5. The number of aromatic nitrogens is 1. The molecule has 8 nitrogen and oxygen atoms in total. The van der Waals surface area contributed by atoms with Gasteiger partial charge in [-0.05, 0) is 42.7 Å². The number of amidine groups is 1. The third-order valence-corrected chi connectivity index (χ3v) is 7.56. The lowest BCUT2D eigenvalue weighted by Gasteiger charge is -2.36. The van der Waals surface area contributed by atoms with Gasteiger partial charge in [0.25, 0.3) is 5.91 Å². The Morgan fingerprint density at radius 1 is 1.25 bits per heavy atom. The summed E-state index contributed by atoms with van der Waals surface area (Å²) in [5.74, 6) is -0.0376. The summed E-state index contributed by atoms with van der Waals surface area (Å²) in [6.07, 6.45) is 2.41. The van der Waals surface area contributed by atoms with E-state index in [0.29, 0.717) is 17.7 Å². The van der Waals surface area contributed by atoms with E-state index >= 15 is 0 Å². The van der Waals surface area contributed by atoms with Crippen molar-refractivity contribution in [3.05, 3.63) is 29.2 Å². The topological polar surface area (TPSA) is 104 Å². The Morgan fingerprint density at radius 3 is 2.47 bits per heavy atom. The van der Waals surface area contributed by atoms with Crippen LogP contribution in [0.2, 0.25) is 0 Å². The molecule has 176 valence electrons. The van der Waals surface area contributed by atoms with Gasteiger partial charge in [-0.15, -0.1) is 0 Å². The van der Waals surface area contributed by atoms with Gasteiger partial charge < -0.3 is 19.8 Å². The van der Waals surface area contributed by atoms with E-state index in [9.17, 15) is 14.5 Å². The fourth-order valence-electron chi connectivity index (χ4n) is 4.02. The van der Waals surface area contributed by atoms with Crippen molar-refractivity contribution in [2.24, 2.45) is 15.6 Å². The summed E-state index contributed by atoms with van der Waals surface area (Å²) in [5.41, 5.74) is 0.467. The molecule has 32 heavy (non-hydrogen) atoms. The Bertz CT molecular complexity index is 1030. The quantitative estimate of drug-likeness (QED) is 0.621. The zero-order chi connectivity index (χ0) is 24.1. The number of anilines is 1. The molecule has 0 bridgehead atoms. The van der Waals surface area contributed by atoms with E-state index in [1.54, 1.807) is 24.1 Å². The van der Waals surface area contributed by atoms with E-state index < -0.39 is 19.0 Å². The summed E-state index contributed by atoms with van der Waals surface area (Å²) in [5, 5.41) is 14.6. The summed E-state index contributed by atoms with van der Waals surface area (Å²) >= 11 is 0. The molecular formula is C23H35N4O4P. The van der Waals surface area contributed by atoms with Gasteiger partial charge in [0.2, 0.25) is 0 Å². The van der Waals surface area contributed by atoms with Gasteiger partial charge in [-0.25, -0.2) is 4.98 Å². The number of hydrogen-bond donors (Lipinski definition) is 2. The fraction of sp³-hybridized carbons (Fsp3) is 0.609. The number of nitrogens with zero attached hydrogens (tertiary/aromatic N) is 3. The molecule has 3 heterocycles. The SMILES string of the molecule is CCOP1(=O)N=C(C2=C(O)C(C(C)(C)C)N(CCC(C)(C)C)C2=O)Nc2ncc(C)cc21. The number of nitrogens with one attached hydrogen (secondary N) is 1. The van der Waals surface area contributed by atoms with Crippen molar-refractivity contribution in [2.45, 2.75) is 67.9 Å². The lowest BCUT2D eigenvalue weighted by molar-refractivity contribution is -0.128. The predicted molar refractivity (Wildman–Crippen MR) is 128 cm³/mol. The Hall–Kier alpha value is -2.18. The molecule has 3 rings (SSSR count). The molecule has 2 N–H and O–H groups in total. The van der Waals surface area contributed by atoms with Crippen LogP contribution >= 0.6 is 7.52 Å². The normalized spacial score (nSPS) is 23.9. The number of carbonyl (C=O) groups is 1. The number of aryl methyl sites for hydroxylation is 1. The van der Waals surface area contributed by atoms with Gasteiger partial charge in [-0.1, -0.05) is 41.5 Å². The average molecular weight is 463 g/mol. The molecule has 0 saturated carbocycles. The second-order valence-electron chi connectivity index (χ2n) is 10.7. The van der Waals surface area contributed by atoms with Crippen molar-refractivity contribution >= 4 is 30.4 Å². The molecule has 9 heteroatoms. The highest BCUT2D eigenvalue weighted by molar-refractivity contribution is 7.66. The fourth-order valence-corrected chi connectivity index (χ4v) is 5.83. The molecule has 0 radical (unpaired) electrons. The van der Waals surface area contributed by atoms with Crippen LogP contribution in [0.15, 0.2) is 28.4 Å². The molecule has 0 aliphatic carbocycles.